The highest BCUT2D eigenvalue weighted by atomic mass is 32.1. The number of anilines is 2. The first-order chi connectivity index (χ1) is 11.0. The van der Waals surface area contributed by atoms with Crippen LogP contribution in [-0.4, -0.2) is 30.7 Å². The van der Waals surface area contributed by atoms with Gasteiger partial charge in [-0.1, -0.05) is 29.8 Å². The molecule has 0 fully saturated rings. The lowest BCUT2D eigenvalue weighted by Crippen LogP contribution is -2.34. The zero-order valence-electron chi connectivity index (χ0n) is 14.3. The highest BCUT2D eigenvalue weighted by molar-refractivity contribution is 7.80. The zero-order chi connectivity index (χ0) is 16.8. The first-order valence-electron chi connectivity index (χ1n) is 7.88. The lowest BCUT2D eigenvalue weighted by Gasteiger charge is -2.25. The fraction of sp³-hybridized carbons (Fsp3) is 0.316. The first kappa shape index (κ1) is 17.3. The van der Waals surface area contributed by atoms with Crippen molar-refractivity contribution in [1.82, 2.24) is 4.90 Å². The topological polar surface area (TPSA) is 18.5 Å². The molecule has 122 valence electrons. The molecule has 0 radical (unpaired) electrons. The summed E-state index contributed by atoms with van der Waals surface area (Å²) in [6.07, 6.45) is 0. The van der Waals surface area contributed by atoms with Gasteiger partial charge in [0, 0.05) is 38.6 Å². The smallest absolute Gasteiger partial charge is 0.173 e. The molecule has 23 heavy (non-hydrogen) atoms. The largest absolute Gasteiger partial charge is 0.378 e. The Labute approximate surface area is 144 Å². The Balaban J connectivity index is 2.00. The summed E-state index contributed by atoms with van der Waals surface area (Å²) in [6, 6.07) is 16.9. The van der Waals surface area contributed by atoms with Gasteiger partial charge in [0.2, 0.25) is 0 Å². The van der Waals surface area contributed by atoms with Crippen LogP contribution in [0.1, 0.15) is 18.1 Å². The fourth-order valence-corrected chi connectivity index (χ4v) is 2.60. The maximum Gasteiger partial charge on any atom is 0.173 e. The molecule has 0 spiro atoms. The van der Waals surface area contributed by atoms with Gasteiger partial charge in [0.15, 0.2) is 5.11 Å². The Bertz CT molecular complexity index is 633. The van der Waals surface area contributed by atoms with Gasteiger partial charge in [0.1, 0.15) is 0 Å². The second-order valence-electron chi connectivity index (χ2n) is 5.87. The fourth-order valence-electron chi connectivity index (χ4n) is 2.29. The molecule has 0 aliphatic rings. The number of aryl methyl sites for hydroxylation is 1. The van der Waals surface area contributed by atoms with E-state index in [9.17, 15) is 0 Å². The van der Waals surface area contributed by atoms with Gasteiger partial charge < -0.3 is 15.1 Å². The summed E-state index contributed by atoms with van der Waals surface area (Å²) in [5.74, 6) is 0. The van der Waals surface area contributed by atoms with Crippen LogP contribution < -0.4 is 10.2 Å². The first-order valence-corrected chi connectivity index (χ1v) is 8.29. The number of benzene rings is 2. The number of rotatable bonds is 5. The third-order valence-electron chi connectivity index (χ3n) is 3.80. The van der Waals surface area contributed by atoms with E-state index < -0.39 is 0 Å². The predicted octanol–water partition coefficient (Wildman–Crippen LogP) is 4.28. The Hall–Kier alpha value is -2.07. The summed E-state index contributed by atoms with van der Waals surface area (Å²) in [7, 11) is 4.10. The highest BCUT2D eigenvalue weighted by Gasteiger charge is 2.09. The average molecular weight is 327 g/mol. The van der Waals surface area contributed by atoms with Crippen molar-refractivity contribution in [3.63, 3.8) is 0 Å². The van der Waals surface area contributed by atoms with E-state index >= 15 is 0 Å². The molecule has 0 bridgehead atoms. The maximum atomic E-state index is 5.56. The molecule has 4 heteroatoms. The molecule has 0 amide bonds. The Morgan fingerprint density at radius 3 is 2.13 bits per heavy atom. The minimum Gasteiger partial charge on any atom is -0.378 e. The number of thiocarbonyl (C=S) groups is 1. The summed E-state index contributed by atoms with van der Waals surface area (Å²) in [6.45, 7) is 5.88. The van der Waals surface area contributed by atoms with Crippen LogP contribution >= 0.6 is 12.2 Å². The van der Waals surface area contributed by atoms with Crippen LogP contribution in [0.25, 0.3) is 0 Å². The Kier molecular flexibility index (Phi) is 5.99. The van der Waals surface area contributed by atoms with E-state index in [0.717, 1.165) is 23.9 Å². The van der Waals surface area contributed by atoms with Crippen molar-refractivity contribution in [3.8, 4) is 0 Å². The van der Waals surface area contributed by atoms with Gasteiger partial charge in [-0.3, -0.25) is 0 Å². The minimum atomic E-state index is 0.757. The van der Waals surface area contributed by atoms with Gasteiger partial charge in [-0.05, 0) is 55.9 Å². The van der Waals surface area contributed by atoms with E-state index in [1.54, 1.807) is 0 Å². The average Bonchev–Trinajstić information content (AvgIpc) is 2.55. The van der Waals surface area contributed by atoms with Crippen molar-refractivity contribution >= 4 is 28.7 Å². The van der Waals surface area contributed by atoms with Crippen molar-refractivity contribution in [1.29, 1.82) is 0 Å². The zero-order valence-corrected chi connectivity index (χ0v) is 15.2. The molecule has 2 aromatic rings. The second kappa shape index (κ2) is 7.97. The van der Waals surface area contributed by atoms with Gasteiger partial charge in [0.05, 0.1) is 0 Å². The van der Waals surface area contributed by atoms with Crippen LogP contribution in [0.2, 0.25) is 0 Å². The van der Waals surface area contributed by atoms with Gasteiger partial charge in [-0.25, -0.2) is 0 Å². The van der Waals surface area contributed by atoms with Gasteiger partial charge >= 0.3 is 0 Å². The van der Waals surface area contributed by atoms with Gasteiger partial charge in [-0.2, -0.15) is 0 Å². The quantitative estimate of drug-likeness (QED) is 0.826. The molecule has 0 aliphatic carbocycles. The van der Waals surface area contributed by atoms with E-state index in [2.05, 4.69) is 77.5 Å². The Morgan fingerprint density at radius 2 is 1.61 bits per heavy atom. The molecule has 3 nitrogen and oxygen atoms in total. The van der Waals surface area contributed by atoms with Crippen molar-refractivity contribution in [2.75, 3.05) is 30.9 Å². The van der Waals surface area contributed by atoms with Crippen LogP contribution in [0.3, 0.4) is 0 Å². The van der Waals surface area contributed by atoms with Crippen molar-refractivity contribution in [3.05, 3.63) is 59.7 Å². The molecule has 2 aromatic carbocycles. The van der Waals surface area contributed by atoms with E-state index in [4.69, 9.17) is 12.2 Å². The molecular formula is C19H25N3S. The number of hydrogen-bond donors (Lipinski definition) is 1. The lowest BCUT2D eigenvalue weighted by molar-refractivity contribution is 0.442. The summed E-state index contributed by atoms with van der Waals surface area (Å²) in [5, 5.41) is 4.08. The number of nitrogens with one attached hydrogen (secondary N) is 1. The summed E-state index contributed by atoms with van der Waals surface area (Å²) < 4.78 is 0. The predicted molar refractivity (Wildman–Crippen MR) is 104 cm³/mol. The summed E-state index contributed by atoms with van der Waals surface area (Å²) in [4.78, 5) is 4.27. The Morgan fingerprint density at radius 1 is 1.00 bits per heavy atom. The molecule has 0 aromatic heterocycles. The molecule has 1 N–H and O–H groups in total. The third kappa shape index (κ3) is 4.96. The summed E-state index contributed by atoms with van der Waals surface area (Å²) in [5.41, 5.74) is 4.74. The van der Waals surface area contributed by atoms with Crippen LogP contribution in [0.4, 0.5) is 11.4 Å². The molecular weight excluding hydrogens is 302 g/mol. The maximum absolute atomic E-state index is 5.56. The summed E-state index contributed by atoms with van der Waals surface area (Å²) >= 11 is 5.56. The standard InChI is InChI=1S/C19H25N3S/c1-5-22(14-16-8-12-18(13-9-16)21(3)4)19(23)20-17-10-6-15(2)7-11-17/h6-13H,5,14H2,1-4H3,(H,20,23). The van der Waals surface area contributed by atoms with Crippen LogP contribution in [0, 0.1) is 6.92 Å². The van der Waals surface area contributed by atoms with Crippen molar-refractivity contribution in [2.24, 2.45) is 0 Å². The number of hydrogen-bond acceptors (Lipinski definition) is 2. The van der Waals surface area contributed by atoms with E-state index in [1.807, 2.05) is 14.1 Å². The SMILES string of the molecule is CCN(Cc1ccc(N(C)C)cc1)C(=S)Nc1ccc(C)cc1. The van der Waals surface area contributed by atoms with Gasteiger partial charge in [-0.15, -0.1) is 0 Å². The van der Waals surface area contributed by atoms with Crippen LogP contribution in [-0.2, 0) is 6.54 Å². The second-order valence-corrected chi connectivity index (χ2v) is 6.26. The molecule has 0 atom stereocenters. The highest BCUT2D eigenvalue weighted by Crippen LogP contribution is 2.15. The third-order valence-corrected chi connectivity index (χ3v) is 4.16. The van der Waals surface area contributed by atoms with Crippen molar-refractivity contribution in [2.45, 2.75) is 20.4 Å². The van der Waals surface area contributed by atoms with Crippen LogP contribution in [0.15, 0.2) is 48.5 Å². The number of nitrogens with zero attached hydrogens (tertiary/aromatic N) is 2. The minimum absolute atomic E-state index is 0.757. The monoisotopic (exact) mass is 327 g/mol. The molecule has 0 heterocycles. The van der Waals surface area contributed by atoms with Crippen LogP contribution in [0.5, 0.6) is 0 Å². The van der Waals surface area contributed by atoms with Crippen molar-refractivity contribution < 1.29 is 0 Å². The van der Waals surface area contributed by atoms with E-state index in [0.29, 0.717) is 0 Å². The van der Waals surface area contributed by atoms with Gasteiger partial charge in [0.25, 0.3) is 0 Å². The lowest BCUT2D eigenvalue weighted by atomic mass is 10.2. The molecule has 0 saturated carbocycles. The van der Waals surface area contributed by atoms with E-state index in [-0.39, 0.29) is 0 Å². The molecule has 0 aliphatic heterocycles. The molecule has 0 unspecified atom stereocenters. The normalized spacial score (nSPS) is 10.3. The molecule has 2 rings (SSSR count). The molecule has 0 saturated heterocycles. The van der Waals surface area contributed by atoms with E-state index in [1.165, 1.54) is 16.8 Å².